The summed E-state index contributed by atoms with van der Waals surface area (Å²) in [4.78, 5) is 24.8. The number of anilines is 2. The molecule has 2 aliphatic rings. The van der Waals surface area contributed by atoms with Crippen molar-refractivity contribution in [1.82, 2.24) is 19.4 Å². The predicted octanol–water partition coefficient (Wildman–Crippen LogP) is 1.85. The van der Waals surface area contributed by atoms with Gasteiger partial charge in [0.05, 0.1) is 23.2 Å². The van der Waals surface area contributed by atoms with Crippen molar-refractivity contribution in [1.29, 1.82) is 0 Å². The lowest BCUT2D eigenvalue weighted by Gasteiger charge is -2.30. The Morgan fingerprint density at radius 2 is 1.97 bits per heavy atom. The van der Waals surface area contributed by atoms with Gasteiger partial charge >= 0.3 is 6.03 Å². The molecule has 0 radical (unpaired) electrons. The predicted molar refractivity (Wildman–Crippen MR) is 124 cm³/mol. The molecule has 1 fully saturated rings. The Labute approximate surface area is 202 Å². The number of nitrogens with zero attached hydrogens (tertiary/aromatic N) is 6. The number of ether oxygens (including phenoxy) is 1. The maximum atomic E-state index is 14.8. The average Bonchev–Trinajstić information content (AvgIpc) is 3.45. The van der Waals surface area contributed by atoms with Crippen LogP contribution in [0.3, 0.4) is 0 Å². The van der Waals surface area contributed by atoms with Crippen molar-refractivity contribution in [2.24, 2.45) is 7.05 Å². The number of hydrogen-bond acceptors (Lipinski definition) is 7. The molecule has 1 aromatic carbocycles. The molecule has 0 bridgehead atoms. The van der Waals surface area contributed by atoms with Crippen molar-refractivity contribution in [3.05, 3.63) is 54.6 Å². The van der Waals surface area contributed by atoms with Crippen LogP contribution >= 0.6 is 0 Å². The van der Waals surface area contributed by atoms with Crippen LogP contribution in [0, 0.1) is 5.82 Å². The number of amides is 1. The third kappa shape index (κ3) is 4.57. The van der Waals surface area contributed by atoms with Gasteiger partial charge in [-0.1, -0.05) is 0 Å². The van der Waals surface area contributed by atoms with Crippen molar-refractivity contribution in [3.8, 4) is 5.88 Å². The fourth-order valence-corrected chi connectivity index (χ4v) is 5.12. The first-order valence-corrected chi connectivity index (χ1v) is 13.2. The van der Waals surface area contributed by atoms with Gasteiger partial charge in [-0.3, -0.25) is 0 Å². The Hall–Kier alpha value is -3.54. The molecule has 1 amide bonds. The molecule has 4 heterocycles. The van der Waals surface area contributed by atoms with E-state index in [1.807, 2.05) is 17.8 Å². The number of aryl methyl sites for hydroxylation is 1. The molecular weight excluding hydrogens is 475 g/mol. The largest absolute Gasteiger partial charge is 0.474 e. The fraction of sp³-hybridized carbons (Fsp3) is 0.391. The van der Waals surface area contributed by atoms with Crippen LogP contribution in [-0.2, 0) is 23.3 Å². The zero-order valence-electron chi connectivity index (χ0n) is 19.5. The van der Waals surface area contributed by atoms with E-state index < -0.39 is 15.7 Å². The van der Waals surface area contributed by atoms with Crippen LogP contribution in [-0.4, -0.2) is 65.9 Å². The second-order valence-electron chi connectivity index (χ2n) is 8.84. The summed E-state index contributed by atoms with van der Waals surface area (Å²) >= 11 is 0. The van der Waals surface area contributed by atoms with Crippen molar-refractivity contribution >= 4 is 27.4 Å². The first kappa shape index (κ1) is 23.2. The molecule has 35 heavy (non-hydrogen) atoms. The third-order valence-electron chi connectivity index (χ3n) is 6.34. The first-order valence-electron chi connectivity index (χ1n) is 11.3. The molecule has 1 saturated heterocycles. The monoisotopic (exact) mass is 501 g/mol. The second-order valence-corrected chi connectivity index (χ2v) is 10.9. The van der Waals surface area contributed by atoms with Gasteiger partial charge in [0, 0.05) is 38.7 Å². The van der Waals surface area contributed by atoms with Crippen molar-refractivity contribution in [2.45, 2.75) is 30.3 Å². The third-order valence-corrected chi connectivity index (χ3v) is 7.45. The summed E-state index contributed by atoms with van der Waals surface area (Å²) in [7, 11) is -1.64. The van der Waals surface area contributed by atoms with Gasteiger partial charge in [-0.05, 0) is 24.6 Å². The highest BCUT2D eigenvalue weighted by Gasteiger charge is 2.31. The molecule has 0 atom stereocenters. The lowest BCUT2D eigenvalue weighted by molar-refractivity contribution is -0.670. The standard InChI is InChI=1S/C23H26FN6O4S/c1-27-11-12-29(15-27)23(31)28-8-5-16(6-9-28)34-22-18-7-10-30(21(18)25-14-26-22)20-4-3-17(13-19(20)24)35(2,32)33/h3-4,11-16H,5-10H2,1-2H3/q+1. The summed E-state index contributed by atoms with van der Waals surface area (Å²) < 4.78 is 47.9. The van der Waals surface area contributed by atoms with Gasteiger partial charge in [-0.15, -0.1) is 0 Å². The van der Waals surface area contributed by atoms with Gasteiger partial charge in [0.25, 0.3) is 6.33 Å². The zero-order valence-corrected chi connectivity index (χ0v) is 20.3. The number of carbonyl (C=O) groups excluding carboxylic acids is 1. The maximum absolute atomic E-state index is 14.8. The van der Waals surface area contributed by atoms with Crippen LogP contribution < -0.4 is 14.2 Å². The molecule has 184 valence electrons. The maximum Gasteiger partial charge on any atom is 0.415 e. The Kier molecular flexibility index (Phi) is 5.91. The Bertz CT molecular complexity index is 1380. The van der Waals surface area contributed by atoms with Crippen molar-refractivity contribution < 1.29 is 26.9 Å². The molecule has 0 spiro atoms. The molecule has 2 aliphatic heterocycles. The van der Waals surface area contributed by atoms with E-state index in [4.69, 9.17) is 4.74 Å². The van der Waals surface area contributed by atoms with Gasteiger partial charge in [-0.2, -0.15) is 4.57 Å². The molecule has 5 rings (SSSR count). The number of rotatable bonds is 4. The minimum absolute atomic E-state index is 0.0634. The van der Waals surface area contributed by atoms with Crippen LogP contribution in [0.15, 0.2) is 48.1 Å². The van der Waals surface area contributed by atoms with Gasteiger partial charge in [0.1, 0.15) is 36.5 Å². The van der Waals surface area contributed by atoms with E-state index in [0.717, 1.165) is 17.9 Å². The molecule has 0 unspecified atom stereocenters. The van der Waals surface area contributed by atoms with E-state index in [1.165, 1.54) is 18.5 Å². The summed E-state index contributed by atoms with van der Waals surface area (Å²) in [5, 5.41) is 0. The van der Waals surface area contributed by atoms with Crippen LogP contribution in [0.2, 0.25) is 0 Å². The van der Waals surface area contributed by atoms with E-state index >= 15 is 0 Å². The summed E-state index contributed by atoms with van der Waals surface area (Å²) in [6.07, 6.45) is 9.53. The molecule has 0 aliphatic carbocycles. The Balaban J connectivity index is 1.28. The lowest BCUT2D eigenvalue weighted by Crippen LogP contribution is -2.43. The summed E-state index contributed by atoms with van der Waals surface area (Å²) in [5.74, 6) is 0.386. The SMILES string of the molecule is C[n+]1ccn(C(=O)N2CCC(Oc3ncnc4c3CCN4c3ccc(S(C)(=O)=O)cc3F)CC2)c1. The van der Waals surface area contributed by atoms with E-state index in [0.29, 0.717) is 50.6 Å². The van der Waals surface area contributed by atoms with Crippen LogP contribution in [0.4, 0.5) is 20.7 Å². The van der Waals surface area contributed by atoms with E-state index in [1.54, 1.807) is 26.9 Å². The number of carbonyl (C=O) groups is 1. The number of benzene rings is 1. The van der Waals surface area contributed by atoms with Crippen LogP contribution in [0.5, 0.6) is 5.88 Å². The Morgan fingerprint density at radius 3 is 2.63 bits per heavy atom. The topological polar surface area (TPSA) is 102 Å². The molecule has 12 heteroatoms. The average molecular weight is 502 g/mol. The number of hydrogen-bond donors (Lipinski definition) is 0. The molecule has 0 N–H and O–H groups in total. The number of sulfone groups is 1. The molecule has 3 aromatic rings. The zero-order chi connectivity index (χ0) is 24.7. The minimum atomic E-state index is -3.50. The lowest BCUT2D eigenvalue weighted by atomic mass is 10.1. The van der Waals surface area contributed by atoms with Crippen LogP contribution in [0.25, 0.3) is 0 Å². The minimum Gasteiger partial charge on any atom is -0.474 e. The number of aromatic nitrogens is 4. The molecule has 0 saturated carbocycles. The Morgan fingerprint density at radius 1 is 1.20 bits per heavy atom. The summed E-state index contributed by atoms with van der Waals surface area (Å²) in [6.45, 7) is 1.62. The van der Waals surface area contributed by atoms with Gasteiger partial charge in [-0.25, -0.2) is 32.1 Å². The van der Waals surface area contributed by atoms with Gasteiger partial charge in [0.15, 0.2) is 9.84 Å². The second kappa shape index (κ2) is 8.91. The van der Waals surface area contributed by atoms with Gasteiger partial charge < -0.3 is 14.5 Å². The van der Waals surface area contributed by atoms with Crippen molar-refractivity contribution in [2.75, 3.05) is 30.8 Å². The highest BCUT2D eigenvalue weighted by Crippen LogP contribution is 2.38. The smallest absolute Gasteiger partial charge is 0.415 e. The van der Waals surface area contributed by atoms with E-state index in [9.17, 15) is 17.6 Å². The molecule has 10 nitrogen and oxygen atoms in total. The number of halogens is 1. The highest BCUT2D eigenvalue weighted by molar-refractivity contribution is 7.90. The quantitative estimate of drug-likeness (QED) is 0.503. The number of likely N-dealkylation sites (tertiary alicyclic amines) is 1. The first-order chi connectivity index (χ1) is 16.7. The normalized spacial score (nSPS) is 16.4. The number of imidazole rings is 1. The van der Waals surface area contributed by atoms with E-state index in [2.05, 4.69) is 9.97 Å². The molecule has 2 aromatic heterocycles. The van der Waals surface area contributed by atoms with Gasteiger partial charge in [0.2, 0.25) is 5.88 Å². The van der Waals surface area contributed by atoms with Crippen LogP contribution in [0.1, 0.15) is 18.4 Å². The molecular formula is C23H26FN6O4S+. The summed E-state index contributed by atoms with van der Waals surface area (Å²) in [6, 6.07) is 3.82. The number of fused-ring (bicyclic) bond motifs is 1. The highest BCUT2D eigenvalue weighted by atomic mass is 32.2. The summed E-state index contributed by atoms with van der Waals surface area (Å²) in [5.41, 5.74) is 1.04. The van der Waals surface area contributed by atoms with Crippen molar-refractivity contribution in [3.63, 3.8) is 0 Å². The van der Waals surface area contributed by atoms with E-state index in [-0.39, 0.29) is 22.7 Å². The number of piperidine rings is 1. The fourth-order valence-electron chi connectivity index (χ4n) is 4.49.